The number of carbonyl (C=O) groups excluding carboxylic acids is 2. The summed E-state index contributed by atoms with van der Waals surface area (Å²) in [4.78, 5) is 30.7. The summed E-state index contributed by atoms with van der Waals surface area (Å²) >= 11 is 0. The summed E-state index contributed by atoms with van der Waals surface area (Å²) in [5, 5.41) is 0. The van der Waals surface area contributed by atoms with Gasteiger partial charge in [-0.1, -0.05) is 0 Å². The molecule has 3 saturated heterocycles. The highest BCUT2D eigenvalue weighted by Gasteiger charge is 2.35. The van der Waals surface area contributed by atoms with E-state index >= 15 is 0 Å². The molecule has 0 aliphatic carbocycles. The number of nitrogens with zero attached hydrogens (tertiary/aromatic N) is 3. The number of amides is 3. The fourth-order valence-corrected chi connectivity index (χ4v) is 3.71. The van der Waals surface area contributed by atoms with Gasteiger partial charge < -0.3 is 20.4 Å². The van der Waals surface area contributed by atoms with Crippen molar-refractivity contribution in [2.24, 2.45) is 11.7 Å². The van der Waals surface area contributed by atoms with Crippen LogP contribution in [0, 0.1) is 5.92 Å². The molecule has 3 rings (SSSR count). The highest BCUT2D eigenvalue weighted by atomic mass is 16.2. The number of hydrogen-bond acceptors (Lipinski definition) is 3. The van der Waals surface area contributed by atoms with Gasteiger partial charge in [0.2, 0.25) is 5.91 Å². The van der Waals surface area contributed by atoms with Gasteiger partial charge in [-0.2, -0.15) is 0 Å². The second-order valence-corrected chi connectivity index (χ2v) is 6.59. The van der Waals surface area contributed by atoms with E-state index in [9.17, 15) is 9.59 Å². The van der Waals surface area contributed by atoms with Crippen LogP contribution in [0.1, 0.15) is 32.1 Å². The maximum absolute atomic E-state index is 12.6. The van der Waals surface area contributed by atoms with Crippen molar-refractivity contribution in [1.82, 2.24) is 14.7 Å². The normalized spacial score (nSPS) is 30.0. The first kappa shape index (κ1) is 14.6. The number of urea groups is 1. The van der Waals surface area contributed by atoms with Crippen LogP contribution in [-0.4, -0.2) is 71.9 Å². The van der Waals surface area contributed by atoms with E-state index in [1.54, 1.807) is 0 Å². The average molecular weight is 294 g/mol. The van der Waals surface area contributed by atoms with Gasteiger partial charge in [-0.25, -0.2) is 4.79 Å². The van der Waals surface area contributed by atoms with E-state index in [2.05, 4.69) is 0 Å². The first-order valence-corrected chi connectivity index (χ1v) is 8.23. The summed E-state index contributed by atoms with van der Waals surface area (Å²) in [7, 11) is 0. The number of likely N-dealkylation sites (tertiary alicyclic amines) is 3. The van der Waals surface area contributed by atoms with Crippen molar-refractivity contribution in [3.63, 3.8) is 0 Å². The molecular formula is C15H26N4O2. The molecule has 3 aliphatic rings. The molecule has 21 heavy (non-hydrogen) atoms. The zero-order chi connectivity index (χ0) is 14.8. The van der Waals surface area contributed by atoms with Crippen molar-refractivity contribution in [3.8, 4) is 0 Å². The SMILES string of the molecule is N[C@@H]1CCN(C(=O)C2CCCN(C(=O)N3CCCC3)C2)C1. The quantitative estimate of drug-likeness (QED) is 0.764. The van der Waals surface area contributed by atoms with Crippen LogP contribution in [0.2, 0.25) is 0 Å². The van der Waals surface area contributed by atoms with Gasteiger partial charge in [0.05, 0.1) is 5.92 Å². The molecule has 2 atom stereocenters. The van der Waals surface area contributed by atoms with E-state index < -0.39 is 0 Å². The van der Waals surface area contributed by atoms with Gasteiger partial charge in [-0.15, -0.1) is 0 Å². The largest absolute Gasteiger partial charge is 0.341 e. The summed E-state index contributed by atoms with van der Waals surface area (Å²) in [6, 6.07) is 0.253. The van der Waals surface area contributed by atoms with Crippen molar-refractivity contribution < 1.29 is 9.59 Å². The third-order valence-corrected chi connectivity index (χ3v) is 4.95. The molecule has 0 aromatic carbocycles. The molecular weight excluding hydrogens is 268 g/mol. The minimum atomic E-state index is -0.0318. The third kappa shape index (κ3) is 3.15. The molecule has 3 amide bonds. The van der Waals surface area contributed by atoms with E-state index in [0.29, 0.717) is 13.1 Å². The molecule has 0 bridgehead atoms. The highest BCUT2D eigenvalue weighted by Crippen LogP contribution is 2.23. The Balaban J connectivity index is 1.57. The Kier molecular flexibility index (Phi) is 4.33. The molecule has 3 fully saturated rings. The van der Waals surface area contributed by atoms with Gasteiger partial charge in [-0.3, -0.25) is 4.79 Å². The van der Waals surface area contributed by atoms with Crippen molar-refractivity contribution in [1.29, 1.82) is 0 Å². The molecule has 3 heterocycles. The molecule has 3 aliphatic heterocycles. The zero-order valence-electron chi connectivity index (χ0n) is 12.7. The predicted molar refractivity (Wildman–Crippen MR) is 79.7 cm³/mol. The van der Waals surface area contributed by atoms with E-state index in [0.717, 1.165) is 58.3 Å². The lowest BCUT2D eigenvalue weighted by Gasteiger charge is -2.36. The summed E-state index contributed by atoms with van der Waals surface area (Å²) in [6.45, 7) is 4.56. The van der Waals surface area contributed by atoms with Gasteiger partial charge in [0.25, 0.3) is 0 Å². The number of rotatable bonds is 1. The minimum absolute atomic E-state index is 0.0318. The number of nitrogens with two attached hydrogens (primary N) is 1. The second kappa shape index (κ2) is 6.22. The molecule has 0 radical (unpaired) electrons. The third-order valence-electron chi connectivity index (χ3n) is 4.95. The Hall–Kier alpha value is -1.30. The predicted octanol–water partition coefficient (Wildman–Crippen LogP) is 0.474. The lowest BCUT2D eigenvalue weighted by molar-refractivity contribution is -0.135. The summed E-state index contributed by atoms with van der Waals surface area (Å²) in [6.07, 6.45) is 4.93. The molecule has 1 unspecified atom stereocenters. The fraction of sp³-hybridized carbons (Fsp3) is 0.867. The summed E-state index contributed by atoms with van der Waals surface area (Å²) in [5.74, 6) is 0.164. The van der Waals surface area contributed by atoms with Gasteiger partial charge >= 0.3 is 6.03 Å². The first-order chi connectivity index (χ1) is 10.1. The topological polar surface area (TPSA) is 69.9 Å². The molecule has 0 aromatic heterocycles. The fourth-order valence-electron chi connectivity index (χ4n) is 3.71. The van der Waals surface area contributed by atoms with Crippen LogP contribution in [0.25, 0.3) is 0 Å². The standard InChI is InChI=1S/C15H26N4O2/c16-13-5-9-18(11-13)14(20)12-4-3-8-19(10-12)15(21)17-6-1-2-7-17/h12-13H,1-11,16H2/t12?,13-/m1/s1. The molecule has 0 saturated carbocycles. The van der Waals surface area contributed by atoms with Crippen molar-refractivity contribution in [2.45, 2.75) is 38.1 Å². The molecule has 118 valence electrons. The van der Waals surface area contributed by atoms with Crippen LogP contribution in [0.4, 0.5) is 4.79 Å². The monoisotopic (exact) mass is 294 g/mol. The highest BCUT2D eigenvalue weighted by molar-refractivity contribution is 5.81. The van der Waals surface area contributed by atoms with Crippen molar-refractivity contribution in [3.05, 3.63) is 0 Å². The van der Waals surface area contributed by atoms with Crippen molar-refractivity contribution >= 4 is 11.9 Å². The molecule has 6 nitrogen and oxygen atoms in total. The van der Waals surface area contributed by atoms with E-state index in [1.807, 2.05) is 14.7 Å². The van der Waals surface area contributed by atoms with Crippen LogP contribution >= 0.6 is 0 Å². The summed E-state index contributed by atoms with van der Waals surface area (Å²) in [5.41, 5.74) is 5.89. The van der Waals surface area contributed by atoms with E-state index in [-0.39, 0.29) is 23.9 Å². The van der Waals surface area contributed by atoms with E-state index in [1.165, 1.54) is 0 Å². The Morgan fingerprint density at radius 1 is 0.810 bits per heavy atom. The van der Waals surface area contributed by atoms with Crippen LogP contribution in [0.3, 0.4) is 0 Å². The Labute approximate surface area is 126 Å². The number of piperidine rings is 1. The van der Waals surface area contributed by atoms with Gasteiger partial charge in [0.1, 0.15) is 0 Å². The van der Waals surface area contributed by atoms with Crippen LogP contribution < -0.4 is 5.73 Å². The zero-order valence-corrected chi connectivity index (χ0v) is 12.7. The molecule has 0 spiro atoms. The number of carbonyl (C=O) groups is 2. The van der Waals surface area contributed by atoms with Gasteiger partial charge in [-0.05, 0) is 32.1 Å². The first-order valence-electron chi connectivity index (χ1n) is 8.23. The summed E-state index contributed by atoms with van der Waals surface area (Å²) < 4.78 is 0. The van der Waals surface area contributed by atoms with Crippen LogP contribution in [0.15, 0.2) is 0 Å². The van der Waals surface area contributed by atoms with Crippen LogP contribution in [0.5, 0.6) is 0 Å². The Morgan fingerprint density at radius 2 is 1.52 bits per heavy atom. The maximum atomic E-state index is 12.6. The average Bonchev–Trinajstić information content (AvgIpc) is 3.17. The van der Waals surface area contributed by atoms with E-state index in [4.69, 9.17) is 5.73 Å². The lowest BCUT2D eigenvalue weighted by Crippen LogP contribution is -2.50. The maximum Gasteiger partial charge on any atom is 0.320 e. The second-order valence-electron chi connectivity index (χ2n) is 6.59. The van der Waals surface area contributed by atoms with Crippen molar-refractivity contribution in [2.75, 3.05) is 39.3 Å². The Bertz CT molecular complexity index is 408. The molecule has 0 aromatic rings. The lowest BCUT2D eigenvalue weighted by atomic mass is 9.97. The van der Waals surface area contributed by atoms with Gasteiger partial charge in [0.15, 0.2) is 0 Å². The van der Waals surface area contributed by atoms with Crippen LogP contribution in [-0.2, 0) is 4.79 Å². The minimum Gasteiger partial charge on any atom is -0.341 e. The van der Waals surface area contributed by atoms with Gasteiger partial charge in [0, 0.05) is 45.3 Å². The molecule has 2 N–H and O–H groups in total. The molecule has 6 heteroatoms. The smallest absolute Gasteiger partial charge is 0.320 e. The number of hydrogen-bond donors (Lipinski definition) is 1. The Morgan fingerprint density at radius 3 is 2.19 bits per heavy atom.